The van der Waals surface area contributed by atoms with Gasteiger partial charge in [0.25, 0.3) is 5.91 Å². The number of carbonyl (C=O) groups excluding carboxylic acids is 2. The minimum Gasteiger partial charge on any atom is -0.365 e. The van der Waals surface area contributed by atoms with Crippen LogP contribution in [0, 0.1) is 11.7 Å². The number of benzene rings is 3. The number of hydrogen-bond acceptors (Lipinski definition) is 4. The molecule has 1 atom stereocenters. The molecule has 1 aliphatic carbocycles. The Bertz CT molecular complexity index is 1750. The van der Waals surface area contributed by atoms with Gasteiger partial charge in [-0.05, 0) is 54.2 Å². The first-order valence-electron chi connectivity index (χ1n) is 15.1. The molecular formula is C36H36FN5O2. The highest BCUT2D eigenvalue weighted by Gasteiger charge is 2.42. The Morgan fingerprint density at radius 3 is 2.27 bits per heavy atom. The summed E-state index contributed by atoms with van der Waals surface area (Å²) in [4.78, 5) is 34.6. The molecule has 8 heteroatoms. The number of carbonyl (C=O) groups is 2. The molecule has 7 nitrogen and oxygen atoms in total. The number of anilines is 1. The van der Waals surface area contributed by atoms with Crippen LogP contribution < -0.4 is 10.6 Å². The van der Waals surface area contributed by atoms with Gasteiger partial charge in [0.2, 0.25) is 5.91 Å². The van der Waals surface area contributed by atoms with Crippen molar-refractivity contribution >= 4 is 23.3 Å². The zero-order valence-electron chi connectivity index (χ0n) is 24.9. The van der Waals surface area contributed by atoms with E-state index in [1.807, 2.05) is 72.8 Å². The van der Waals surface area contributed by atoms with Crippen LogP contribution in [0.1, 0.15) is 54.2 Å². The molecule has 44 heavy (non-hydrogen) atoms. The van der Waals surface area contributed by atoms with E-state index in [0.29, 0.717) is 29.9 Å². The van der Waals surface area contributed by atoms with E-state index in [1.54, 1.807) is 29.3 Å². The van der Waals surface area contributed by atoms with Crippen molar-refractivity contribution in [3.63, 3.8) is 0 Å². The summed E-state index contributed by atoms with van der Waals surface area (Å²) >= 11 is 0. The molecule has 2 aromatic heterocycles. The van der Waals surface area contributed by atoms with Gasteiger partial charge < -0.3 is 15.5 Å². The summed E-state index contributed by atoms with van der Waals surface area (Å²) < 4.78 is 15.8. The molecule has 0 radical (unpaired) electrons. The molecule has 224 valence electrons. The zero-order valence-corrected chi connectivity index (χ0v) is 24.9. The SMILES string of the molecule is CC(C)CNC(=O)C(c1ccc(F)cc1)N(C(=O)c1ccc2nc(-c3ccccc3)c(NCc3ccccc3)n2c1)C1CC1. The maximum absolute atomic E-state index is 14.4. The second-order valence-corrected chi connectivity index (χ2v) is 11.7. The molecule has 0 aliphatic heterocycles. The van der Waals surface area contributed by atoms with Crippen molar-refractivity contribution in [2.24, 2.45) is 5.92 Å². The van der Waals surface area contributed by atoms with E-state index in [2.05, 4.69) is 22.8 Å². The van der Waals surface area contributed by atoms with Crippen LogP contribution in [0.25, 0.3) is 16.9 Å². The number of fused-ring (bicyclic) bond motifs is 1. The number of imidazole rings is 1. The second kappa shape index (κ2) is 12.7. The lowest BCUT2D eigenvalue weighted by Gasteiger charge is -2.32. The number of rotatable bonds is 11. The number of hydrogen-bond donors (Lipinski definition) is 2. The van der Waals surface area contributed by atoms with Gasteiger partial charge in [-0.2, -0.15) is 0 Å². The molecule has 0 bridgehead atoms. The number of nitrogens with one attached hydrogen (secondary N) is 2. The van der Waals surface area contributed by atoms with Crippen LogP contribution in [0.5, 0.6) is 0 Å². The Labute approximate surface area is 256 Å². The maximum atomic E-state index is 14.4. The van der Waals surface area contributed by atoms with Gasteiger partial charge in [-0.3, -0.25) is 14.0 Å². The predicted molar refractivity (Wildman–Crippen MR) is 171 cm³/mol. The van der Waals surface area contributed by atoms with Crippen LogP contribution in [0.4, 0.5) is 10.2 Å². The van der Waals surface area contributed by atoms with E-state index in [4.69, 9.17) is 4.98 Å². The minimum absolute atomic E-state index is 0.0867. The number of halogens is 1. The highest BCUT2D eigenvalue weighted by Crippen LogP contribution is 2.37. The summed E-state index contributed by atoms with van der Waals surface area (Å²) in [6.07, 6.45) is 3.40. The Balaban J connectivity index is 1.40. The van der Waals surface area contributed by atoms with Crippen molar-refractivity contribution in [1.29, 1.82) is 0 Å². The molecule has 1 saturated carbocycles. The highest BCUT2D eigenvalue weighted by molar-refractivity contribution is 5.98. The summed E-state index contributed by atoms with van der Waals surface area (Å²) in [5.41, 5.74) is 4.56. The predicted octanol–water partition coefficient (Wildman–Crippen LogP) is 6.87. The van der Waals surface area contributed by atoms with Crippen LogP contribution in [0.15, 0.2) is 103 Å². The largest absolute Gasteiger partial charge is 0.365 e. The number of nitrogens with zero attached hydrogens (tertiary/aromatic N) is 3. The number of pyridine rings is 1. The maximum Gasteiger partial charge on any atom is 0.256 e. The van der Waals surface area contributed by atoms with Gasteiger partial charge in [-0.25, -0.2) is 9.37 Å². The van der Waals surface area contributed by atoms with Crippen molar-refractivity contribution in [2.75, 3.05) is 11.9 Å². The average Bonchev–Trinajstić information content (AvgIpc) is 3.82. The molecule has 0 spiro atoms. The first-order chi connectivity index (χ1) is 21.4. The summed E-state index contributed by atoms with van der Waals surface area (Å²) in [7, 11) is 0. The molecule has 5 aromatic rings. The fraction of sp³-hybridized carbons (Fsp3) is 0.250. The van der Waals surface area contributed by atoms with E-state index >= 15 is 0 Å². The summed E-state index contributed by atoms with van der Waals surface area (Å²) in [6.45, 7) is 5.08. The summed E-state index contributed by atoms with van der Waals surface area (Å²) in [5.74, 6) is 0.0857. The van der Waals surface area contributed by atoms with Gasteiger partial charge in [-0.1, -0.05) is 86.6 Å². The van der Waals surface area contributed by atoms with Crippen LogP contribution in [-0.2, 0) is 11.3 Å². The van der Waals surface area contributed by atoms with Gasteiger partial charge in [0.15, 0.2) is 0 Å². The van der Waals surface area contributed by atoms with Crippen LogP contribution in [0.2, 0.25) is 0 Å². The van der Waals surface area contributed by atoms with E-state index in [-0.39, 0.29) is 23.8 Å². The quantitative estimate of drug-likeness (QED) is 0.176. The molecule has 1 unspecified atom stereocenters. The third-order valence-corrected chi connectivity index (χ3v) is 7.79. The molecule has 2 N–H and O–H groups in total. The van der Waals surface area contributed by atoms with Crippen LogP contribution in [-0.4, -0.2) is 38.7 Å². The van der Waals surface area contributed by atoms with Gasteiger partial charge in [-0.15, -0.1) is 0 Å². The Morgan fingerprint density at radius 1 is 0.932 bits per heavy atom. The van der Waals surface area contributed by atoms with E-state index in [1.165, 1.54) is 12.1 Å². The van der Waals surface area contributed by atoms with Crippen molar-refractivity contribution in [1.82, 2.24) is 19.6 Å². The van der Waals surface area contributed by atoms with Crippen molar-refractivity contribution in [2.45, 2.75) is 45.3 Å². The van der Waals surface area contributed by atoms with Crippen molar-refractivity contribution in [3.8, 4) is 11.3 Å². The first-order valence-corrected chi connectivity index (χ1v) is 15.1. The summed E-state index contributed by atoms with van der Waals surface area (Å²) in [5, 5.41) is 6.56. The zero-order chi connectivity index (χ0) is 30.6. The minimum atomic E-state index is -0.886. The monoisotopic (exact) mass is 589 g/mol. The van der Waals surface area contributed by atoms with Gasteiger partial charge in [0.05, 0.1) is 5.56 Å². The van der Waals surface area contributed by atoms with E-state index in [9.17, 15) is 14.0 Å². The molecule has 1 aliphatic rings. The standard InChI is InChI=1S/C36H36FN5O2/c1-24(2)21-39-35(43)33(27-13-16-29(37)17-14-27)42(30-18-19-30)36(44)28-15-20-31-40-32(26-11-7-4-8-12-26)34(41(31)23-28)38-22-25-9-5-3-6-10-25/h3-17,20,23-24,30,33,38H,18-19,21-22H2,1-2H3,(H,39,43). The lowest BCUT2D eigenvalue weighted by Crippen LogP contribution is -2.45. The third kappa shape index (κ3) is 6.34. The van der Waals surface area contributed by atoms with Crippen molar-refractivity contribution in [3.05, 3.63) is 126 Å². The number of amides is 2. The lowest BCUT2D eigenvalue weighted by atomic mass is 10.0. The molecule has 2 heterocycles. The van der Waals surface area contributed by atoms with E-state index in [0.717, 1.165) is 35.5 Å². The lowest BCUT2D eigenvalue weighted by molar-refractivity contribution is -0.126. The Morgan fingerprint density at radius 2 is 1.61 bits per heavy atom. The molecule has 0 saturated heterocycles. The molecule has 6 rings (SSSR count). The highest BCUT2D eigenvalue weighted by atomic mass is 19.1. The fourth-order valence-corrected chi connectivity index (χ4v) is 5.40. The van der Waals surface area contributed by atoms with Gasteiger partial charge >= 0.3 is 0 Å². The van der Waals surface area contributed by atoms with Crippen LogP contribution in [0.3, 0.4) is 0 Å². The normalized spacial score (nSPS) is 13.5. The smallest absolute Gasteiger partial charge is 0.256 e. The van der Waals surface area contributed by atoms with E-state index < -0.39 is 11.9 Å². The number of aromatic nitrogens is 2. The van der Waals surface area contributed by atoms with Crippen LogP contribution >= 0.6 is 0 Å². The van der Waals surface area contributed by atoms with Gasteiger partial charge in [0.1, 0.15) is 29.0 Å². The second-order valence-electron chi connectivity index (χ2n) is 11.7. The Kier molecular flexibility index (Phi) is 8.41. The summed E-state index contributed by atoms with van der Waals surface area (Å²) in [6, 6.07) is 28.5. The Hall–Kier alpha value is -4.98. The average molecular weight is 590 g/mol. The first kappa shape index (κ1) is 29.1. The topological polar surface area (TPSA) is 78.7 Å². The van der Waals surface area contributed by atoms with Crippen molar-refractivity contribution < 1.29 is 14.0 Å². The molecule has 1 fully saturated rings. The molecular weight excluding hydrogens is 553 g/mol. The molecule has 3 aromatic carbocycles. The van der Waals surface area contributed by atoms with Gasteiger partial charge in [0, 0.05) is 30.9 Å². The fourth-order valence-electron chi connectivity index (χ4n) is 5.40. The third-order valence-electron chi connectivity index (χ3n) is 7.79. The molecule has 2 amide bonds.